The summed E-state index contributed by atoms with van der Waals surface area (Å²) in [6, 6.07) is 3.50. The van der Waals surface area contributed by atoms with Crippen molar-refractivity contribution in [3.8, 4) is 5.69 Å². The summed E-state index contributed by atoms with van der Waals surface area (Å²) in [4.78, 5) is 0. The van der Waals surface area contributed by atoms with E-state index < -0.39 is 11.7 Å². The Hall–Kier alpha value is -0.850. The maximum absolute atomic E-state index is 12.7. The summed E-state index contributed by atoms with van der Waals surface area (Å²) in [5.41, 5.74) is 0.100. The molecule has 0 radical (unpaired) electrons. The van der Waals surface area contributed by atoms with Crippen molar-refractivity contribution < 1.29 is 13.2 Å². The second-order valence-corrected chi connectivity index (χ2v) is 5.67. The van der Waals surface area contributed by atoms with Crippen molar-refractivity contribution in [2.24, 2.45) is 0 Å². The van der Waals surface area contributed by atoms with E-state index in [4.69, 9.17) is 23.2 Å². The van der Waals surface area contributed by atoms with Crippen LogP contribution < -0.4 is 0 Å². The highest BCUT2D eigenvalue weighted by molar-refractivity contribution is 7.98. The van der Waals surface area contributed by atoms with Gasteiger partial charge in [0.15, 0.2) is 0 Å². The highest BCUT2D eigenvalue weighted by atomic mass is 35.5. The number of thioether (sulfide) groups is 1. The highest BCUT2D eigenvalue weighted by Gasteiger charge is 2.32. The predicted molar refractivity (Wildman–Crippen MR) is 75.1 cm³/mol. The standard InChI is InChI=1S/C12H9Cl2F3N2S/c1-6-3-10(20-2)18-19(6)11-8(13)4-7(5-9(11)14)12(15,16)17/h3-5H,1-2H3. The zero-order valence-electron chi connectivity index (χ0n) is 10.4. The van der Waals surface area contributed by atoms with Gasteiger partial charge in [-0.1, -0.05) is 23.2 Å². The molecule has 8 heteroatoms. The molecule has 2 nitrogen and oxygen atoms in total. The van der Waals surface area contributed by atoms with Crippen molar-refractivity contribution in [1.29, 1.82) is 0 Å². The Bertz CT molecular complexity index is 630. The zero-order valence-corrected chi connectivity index (χ0v) is 12.8. The molecular weight excluding hydrogens is 332 g/mol. The molecule has 0 spiro atoms. The maximum atomic E-state index is 12.7. The van der Waals surface area contributed by atoms with E-state index in [1.165, 1.54) is 16.4 Å². The van der Waals surface area contributed by atoms with Gasteiger partial charge < -0.3 is 0 Å². The third-order valence-electron chi connectivity index (χ3n) is 2.63. The summed E-state index contributed by atoms with van der Waals surface area (Å²) >= 11 is 13.3. The van der Waals surface area contributed by atoms with Crippen LogP contribution in [0, 0.1) is 6.92 Å². The van der Waals surface area contributed by atoms with Crippen molar-refractivity contribution in [3.63, 3.8) is 0 Å². The third-order valence-corrected chi connectivity index (χ3v) is 3.82. The first-order valence-electron chi connectivity index (χ1n) is 5.41. The van der Waals surface area contributed by atoms with Gasteiger partial charge in [-0.25, -0.2) is 4.68 Å². The summed E-state index contributed by atoms with van der Waals surface area (Å²) in [5.74, 6) is 0. The molecule has 108 valence electrons. The van der Waals surface area contributed by atoms with E-state index in [0.29, 0.717) is 0 Å². The van der Waals surface area contributed by atoms with Crippen LogP contribution in [0.1, 0.15) is 11.3 Å². The molecule has 0 aliphatic heterocycles. The molecule has 0 saturated heterocycles. The number of alkyl halides is 3. The summed E-state index contributed by atoms with van der Waals surface area (Å²) in [6.07, 6.45) is -2.64. The van der Waals surface area contributed by atoms with Crippen LogP contribution in [0.4, 0.5) is 13.2 Å². The largest absolute Gasteiger partial charge is 0.416 e. The first-order chi connectivity index (χ1) is 9.24. The SMILES string of the molecule is CSc1cc(C)n(-c2c(Cl)cc(C(F)(F)F)cc2Cl)n1. The predicted octanol–water partition coefficient (Wildman–Crippen LogP) is 5.23. The van der Waals surface area contributed by atoms with Gasteiger partial charge in [-0.3, -0.25) is 0 Å². The number of nitrogens with zero attached hydrogens (tertiary/aromatic N) is 2. The van der Waals surface area contributed by atoms with E-state index in [0.717, 1.165) is 22.9 Å². The van der Waals surface area contributed by atoms with Crippen LogP contribution in [-0.4, -0.2) is 16.0 Å². The van der Waals surface area contributed by atoms with Crippen LogP contribution in [0.15, 0.2) is 23.2 Å². The molecule has 1 aromatic heterocycles. The molecular formula is C12H9Cl2F3N2S. The molecule has 0 fully saturated rings. The summed E-state index contributed by atoms with van der Waals surface area (Å²) in [5, 5.41) is 4.78. The molecule has 0 N–H and O–H groups in total. The van der Waals surface area contributed by atoms with Crippen LogP contribution >= 0.6 is 35.0 Å². The fraction of sp³-hybridized carbons (Fsp3) is 0.250. The number of rotatable bonds is 2. The number of halogens is 5. The third kappa shape index (κ3) is 2.92. The van der Waals surface area contributed by atoms with Gasteiger partial charge in [-0.05, 0) is 31.4 Å². The van der Waals surface area contributed by atoms with Crippen molar-refractivity contribution in [2.45, 2.75) is 18.1 Å². The van der Waals surface area contributed by atoms with Gasteiger partial charge in [0.05, 0.1) is 15.6 Å². The number of benzene rings is 1. The molecule has 2 aromatic rings. The van der Waals surface area contributed by atoms with Crippen molar-refractivity contribution in [1.82, 2.24) is 9.78 Å². The molecule has 1 heterocycles. The van der Waals surface area contributed by atoms with E-state index in [2.05, 4.69) is 5.10 Å². The second kappa shape index (κ2) is 5.50. The van der Waals surface area contributed by atoms with E-state index in [1.807, 2.05) is 6.26 Å². The van der Waals surface area contributed by atoms with Crippen LogP contribution in [0.3, 0.4) is 0 Å². The van der Waals surface area contributed by atoms with Crippen molar-refractivity contribution in [2.75, 3.05) is 6.26 Å². The Morgan fingerprint density at radius 2 is 1.70 bits per heavy atom. The maximum Gasteiger partial charge on any atom is 0.416 e. The Morgan fingerprint density at radius 3 is 2.10 bits per heavy atom. The lowest BCUT2D eigenvalue weighted by Crippen LogP contribution is -2.07. The number of hydrogen-bond acceptors (Lipinski definition) is 2. The summed E-state index contributed by atoms with van der Waals surface area (Å²) in [7, 11) is 0. The minimum Gasteiger partial charge on any atom is -0.234 e. The molecule has 0 aliphatic rings. The van der Waals surface area contributed by atoms with Gasteiger partial charge in [0, 0.05) is 5.69 Å². The molecule has 0 amide bonds. The van der Waals surface area contributed by atoms with Gasteiger partial charge in [0.1, 0.15) is 10.7 Å². The van der Waals surface area contributed by atoms with Gasteiger partial charge in [0.2, 0.25) is 0 Å². The monoisotopic (exact) mass is 340 g/mol. The lowest BCUT2D eigenvalue weighted by Gasteiger charge is -2.13. The van der Waals surface area contributed by atoms with Gasteiger partial charge in [-0.2, -0.15) is 18.3 Å². The van der Waals surface area contributed by atoms with Crippen LogP contribution in [0.25, 0.3) is 5.69 Å². The minimum absolute atomic E-state index is 0.0938. The first kappa shape index (κ1) is 15.5. The lowest BCUT2D eigenvalue weighted by atomic mass is 10.2. The smallest absolute Gasteiger partial charge is 0.234 e. The molecule has 20 heavy (non-hydrogen) atoms. The minimum atomic E-state index is -4.49. The topological polar surface area (TPSA) is 17.8 Å². The van der Waals surface area contributed by atoms with Crippen molar-refractivity contribution in [3.05, 3.63) is 39.5 Å². The number of hydrogen-bond donors (Lipinski definition) is 0. The molecule has 0 bridgehead atoms. The fourth-order valence-electron chi connectivity index (χ4n) is 1.70. The molecule has 1 aromatic carbocycles. The normalized spacial score (nSPS) is 11.9. The van der Waals surface area contributed by atoms with Gasteiger partial charge in [0.25, 0.3) is 0 Å². The molecule has 2 rings (SSSR count). The van der Waals surface area contributed by atoms with E-state index in [1.54, 1.807) is 13.0 Å². The van der Waals surface area contributed by atoms with Crippen LogP contribution in [0.5, 0.6) is 0 Å². The Balaban J connectivity index is 2.61. The second-order valence-electron chi connectivity index (χ2n) is 4.03. The lowest BCUT2D eigenvalue weighted by molar-refractivity contribution is -0.137. The molecule has 0 unspecified atom stereocenters. The molecule has 0 atom stereocenters. The average molecular weight is 341 g/mol. The van der Waals surface area contributed by atoms with Crippen LogP contribution in [-0.2, 0) is 6.18 Å². The van der Waals surface area contributed by atoms with Gasteiger partial charge in [-0.15, -0.1) is 11.8 Å². The van der Waals surface area contributed by atoms with E-state index in [-0.39, 0.29) is 15.7 Å². The molecule has 0 aliphatic carbocycles. The molecule has 0 saturated carbocycles. The Kier molecular flexibility index (Phi) is 4.27. The quantitative estimate of drug-likeness (QED) is 0.696. The van der Waals surface area contributed by atoms with E-state index in [9.17, 15) is 13.2 Å². The summed E-state index contributed by atoms with van der Waals surface area (Å²) in [6.45, 7) is 1.77. The van der Waals surface area contributed by atoms with Gasteiger partial charge >= 0.3 is 6.18 Å². The first-order valence-corrected chi connectivity index (χ1v) is 7.39. The number of aryl methyl sites for hydroxylation is 1. The zero-order chi connectivity index (χ0) is 15.1. The average Bonchev–Trinajstić information content (AvgIpc) is 2.69. The fourth-order valence-corrected chi connectivity index (χ4v) is 2.80. The Labute approximate surface area is 127 Å². The summed E-state index contributed by atoms with van der Waals surface area (Å²) < 4.78 is 39.5. The van der Waals surface area contributed by atoms with Crippen molar-refractivity contribution >= 4 is 35.0 Å². The Morgan fingerprint density at radius 1 is 1.15 bits per heavy atom. The highest BCUT2D eigenvalue weighted by Crippen LogP contribution is 2.38. The van der Waals surface area contributed by atoms with Crippen LogP contribution in [0.2, 0.25) is 10.0 Å². The van der Waals surface area contributed by atoms with E-state index >= 15 is 0 Å². The number of aromatic nitrogens is 2.